The van der Waals surface area contributed by atoms with Crippen molar-refractivity contribution in [3.8, 4) is 33.6 Å². The van der Waals surface area contributed by atoms with Crippen LogP contribution in [-0.4, -0.2) is 43.1 Å². The summed E-state index contributed by atoms with van der Waals surface area (Å²) in [6.45, 7) is 6.37. The monoisotopic (exact) mass is 573 g/mol. The normalized spacial score (nSPS) is 17.7. The van der Waals surface area contributed by atoms with Gasteiger partial charge in [-0.15, -0.1) is 0 Å². The maximum Gasteiger partial charge on any atom is 0.410 e. The first kappa shape index (κ1) is 27.4. The molecule has 7 heteroatoms. The molecule has 1 aliphatic heterocycles. The summed E-state index contributed by atoms with van der Waals surface area (Å²) >= 11 is 0. The molecule has 7 rings (SSSR count). The van der Waals surface area contributed by atoms with E-state index >= 15 is 0 Å². The molecule has 2 aliphatic rings. The Bertz CT molecular complexity index is 1750. The molecule has 0 radical (unpaired) electrons. The van der Waals surface area contributed by atoms with E-state index in [0.29, 0.717) is 12.5 Å². The Labute approximate surface area is 252 Å². The van der Waals surface area contributed by atoms with Gasteiger partial charge in [0.2, 0.25) is 0 Å². The largest absolute Gasteiger partial charge is 0.444 e. The van der Waals surface area contributed by atoms with Crippen LogP contribution in [0.3, 0.4) is 0 Å². The number of benzene rings is 3. The number of nitrogens with zero attached hydrogens (tertiary/aromatic N) is 3. The molecular weight excluding hydrogens is 534 g/mol. The van der Waals surface area contributed by atoms with Crippen molar-refractivity contribution >= 4 is 16.9 Å². The zero-order valence-corrected chi connectivity index (χ0v) is 25.2. The van der Waals surface area contributed by atoms with Crippen LogP contribution in [0.1, 0.15) is 82.9 Å². The second kappa shape index (κ2) is 11.0. The molecule has 0 unspecified atom stereocenters. The Morgan fingerprint density at radius 3 is 2.14 bits per heavy atom. The van der Waals surface area contributed by atoms with Gasteiger partial charge in [0.25, 0.3) is 0 Å². The average molecular weight is 574 g/mol. The van der Waals surface area contributed by atoms with Gasteiger partial charge in [0.15, 0.2) is 0 Å². The lowest BCUT2D eigenvalue weighted by atomic mass is 9.94. The Morgan fingerprint density at radius 1 is 0.767 bits per heavy atom. The number of hydrogen-bond donors (Lipinski definition) is 2. The summed E-state index contributed by atoms with van der Waals surface area (Å²) in [5, 5.41) is 2.44. The minimum Gasteiger partial charge on any atom is -0.444 e. The van der Waals surface area contributed by atoms with E-state index in [9.17, 15) is 4.79 Å². The van der Waals surface area contributed by atoms with E-state index < -0.39 is 5.60 Å². The molecule has 3 aromatic carbocycles. The van der Waals surface area contributed by atoms with Crippen LogP contribution in [0.4, 0.5) is 4.79 Å². The number of aromatic nitrogens is 4. The first-order valence-electron chi connectivity index (χ1n) is 15.6. The highest BCUT2D eigenvalue weighted by molar-refractivity contribution is 6.04. The van der Waals surface area contributed by atoms with E-state index in [0.717, 1.165) is 47.0 Å². The summed E-state index contributed by atoms with van der Waals surface area (Å²) < 4.78 is 5.65. The van der Waals surface area contributed by atoms with Crippen molar-refractivity contribution < 1.29 is 9.53 Å². The molecular formula is C36H39N5O2. The van der Waals surface area contributed by atoms with Crippen LogP contribution in [-0.2, 0) is 4.74 Å². The molecule has 0 bridgehead atoms. The first-order chi connectivity index (χ1) is 20.8. The van der Waals surface area contributed by atoms with Crippen LogP contribution in [0.2, 0.25) is 0 Å². The number of carbonyl (C=O) groups excluding carboxylic acids is 1. The number of likely N-dealkylation sites (tertiary alicyclic amines) is 1. The van der Waals surface area contributed by atoms with Gasteiger partial charge in [0.05, 0.1) is 29.8 Å². The van der Waals surface area contributed by atoms with Gasteiger partial charge in [0.1, 0.15) is 17.2 Å². The number of amides is 1. The standard InChI is InChI=1S/C36H39N5O2/c1-36(2,3)43-35(42)41-20-8-15-32(41)34-38-21-30(39-34)24-18-16-23(17-19-24)26-11-6-13-28-27(26)12-7-14-29(28)31-22-37-33(40-31)25-9-4-5-10-25/h6-7,11-14,16-19,21-22,25,32H,4-5,8-10,15,20H2,1-3H3,(H,37,40)(H,38,39)/t32-/m0/s1. The highest BCUT2D eigenvalue weighted by atomic mass is 16.6. The third-order valence-electron chi connectivity index (χ3n) is 8.85. The summed E-state index contributed by atoms with van der Waals surface area (Å²) in [6, 6.07) is 21.6. The van der Waals surface area contributed by atoms with Crippen molar-refractivity contribution in [3.63, 3.8) is 0 Å². The number of aromatic amines is 2. The van der Waals surface area contributed by atoms with E-state index in [1.54, 1.807) is 4.90 Å². The molecule has 1 atom stereocenters. The molecule has 2 fully saturated rings. The predicted octanol–water partition coefficient (Wildman–Crippen LogP) is 9.02. The number of hydrogen-bond acceptors (Lipinski definition) is 4. The molecule has 0 spiro atoms. The van der Waals surface area contributed by atoms with Gasteiger partial charge in [-0.1, -0.05) is 73.5 Å². The third-order valence-corrected chi connectivity index (χ3v) is 8.85. The fraction of sp³-hybridized carbons (Fsp3) is 0.361. The number of carbonyl (C=O) groups is 1. The van der Waals surface area contributed by atoms with Crippen LogP contribution in [0.15, 0.2) is 73.1 Å². The first-order valence-corrected chi connectivity index (χ1v) is 15.6. The molecule has 43 heavy (non-hydrogen) atoms. The summed E-state index contributed by atoms with van der Waals surface area (Å²) in [5.74, 6) is 2.49. The Balaban J connectivity index is 1.13. The van der Waals surface area contributed by atoms with Crippen LogP contribution >= 0.6 is 0 Å². The number of fused-ring (bicyclic) bond motifs is 1. The number of H-pyrrole nitrogens is 2. The maximum absolute atomic E-state index is 12.8. The molecule has 1 aliphatic carbocycles. The second-order valence-corrected chi connectivity index (χ2v) is 13.0. The smallest absolute Gasteiger partial charge is 0.410 e. The van der Waals surface area contributed by atoms with Crippen LogP contribution < -0.4 is 0 Å². The van der Waals surface area contributed by atoms with Gasteiger partial charge < -0.3 is 14.7 Å². The third kappa shape index (κ3) is 5.44. The quantitative estimate of drug-likeness (QED) is 0.220. The zero-order chi connectivity index (χ0) is 29.6. The molecule has 2 aromatic heterocycles. The molecule has 2 N–H and O–H groups in total. The maximum atomic E-state index is 12.8. The second-order valence-electron chi connectivity index (χ2n) is 13.0. The fourth-order valence-corrected chi connectivity index (χ4v) is 6.75. The lowest BCUT2D eigenvalue weighted by Gasteiger charge is -2.27. The van der Waals surface area contributed by atoms with Gasteiger partial charge in [-0.3, -0.25) is 4.90 Å². The Morgan fingerprint density at radius 2 is 1.40 bits per heavy atom. The number of imidazole rings is 2. The van der Waals surface area contributed by atoms with Crippen molar-refractivity contribution in [3.05, 3.63) is 84.7 Å². The number of rotatable bonds is 5. The van der Waals surface area contributed by atoms with Gasteiger partial charge in [0, 0.05) is 18.0 Å². The van der Waals surface area contributed by atoms with E-state index in [1.165, 1.54) is 47.6 Å². The van der Waals surface area contributed by atoms with E-state index in [4.69, 9.17) is 9.72 Å². The number of nitrogens with one attached hydrogen (secondary N) is 2. The van der Waals surface area contributed by atoms with Gasteiger partial charge in [-0.05, 0) is 73.9 Å². The SMILES string of the molecule is CC(C)(C)OC(=O)N1CCC[C@H]1c1ncc(-c2ccc(-c3cccc4c(-c5cnc(C6CCCC6)[nH]5)cccc34)cc2)[nH]1. The Hall–Kier alpha value is -4.39. The van der Waals surface area contributed by atoms with Crippen molar-refractivity contribution in [1.29, 1.82) is 0 Å². The molecule has 220 valence electrons. The lowest BCUT2D eigenvalue weighted by molar-refractivity contribution is 0.0218. The summed E-state index contributed by atoms with van der Waals surface area (Å²) in [6.07, 6.45) is 10.4. The Kier molecular flexibility index (Phi) is 7.04. The van der Waals surface area contributed by atoms with Crippen LogP contribution in [0.5, 0.6) is 0 Å². The molecule has 1 saturated carbocycles. The highest BCUT2D eigenvalue weighted by Crippen LogP contribution is 2.38. The molecule has 7 nitrogen and oxygen atoms in total. The number of ether oxygens (including phenoxy) is 1. The fourth-order valence-electron chi connectivity index (χ4n) is 6.75. The van der Waals surface area contributed by atoms with Gasteiger partial charge in [-0.25, -0.2) is 14.8 Å². The van der Waals surface area contributed by atoms with Gasteiger partial charge >= 0.3 is 6.09 Å². The molecule has 3 heterocycles. The van der Waals surface area contributed by atoms with Crippen LogP contribution in [0, 0.1) is 0 Å². The summed E-state index contributed by atoms with van der Waals surface area (Å²) in [5.41, 5.74) is 6.11. The molecule has 5 aromatic rings. The van der Waals surface area contributed by atoms with E-state index in [1.807, 2.05) is 33.2 Å². The average Bonchev–Trinajstić information content (AvgIpc) is 3.82. The minimum absolute atomic E-state index is 0.100. The summed E-state index contributed by atoms with van der Waals surface area (Å²) in [7, 11) is 0. The highest BCUT2D eigenvalue weighted by Gasteiger charge is 2.34. The topological polar surface area (TPSA) is 86.9 Å². The molecule has 1 amide bonds. The van der Waals surface area contributed by atoms with Crippen LogP contribution in [0.25, 0.3) is 44.4 Å². The van der Waals surface area contributed by atoms with Crippen molar-refractivity contribution in [1.82, 2.24) is 24.8 Å². The van der Waals surface area contributed by atoms with Gasteiger partial charge in [-0.2, -0.15) is 0 Å². The zero-order valence-electron chi connectivity index (χ0n) is 25.2. The summed E-state index contributed by atoms with van der Waals surface area (Å²) in [4.78, 5) is 31.2. The lowest BCUT2D eigenvalue weighted by Crippen LogP contribution is -2.36. The van der Waals surface area contributed by atoms with Crippen molar-refractivity contribution in [2.75, 3.05) is 6.54 Å². The predicted molar refractivity (Wildman–Crippen MR) is 171 cm³/mol. The van der Waals surface area contributed by atoms with E-state index in [-0.39, 0.29) is 12.1 Å². The minimum atomic E-state index is -0.524. The molecule has 1 saturated heterocycles. The van der Waals surface area contributed by atoms with Crippen molar-refractivity contribution in [2.24, 2.45) is 0 Å². The van der Waals surface area contributed by atoms with E-state index in [2.05, 4.69) is 75.6 Å². The van der Waals surface area contributed by atoms with Crippen molar-refractivity contribution in [2.45, 2.75) is 76.9 Å².